The summed E-state index contributed by atoms with van der Waals surface area (Å²) in [5.74, 6) is -0.226. The lowest BCUT2D eigenvalue weighted by Gasteiger charge is -2.29. The third-order valence-electron chi connectivity index (χ3n) is 3.81. The largest absolute Gasteiger partial charge is 0.444 e. The average molecular weight is 326 g/mol. The SMILES string of the molecule is CCC[C@H](NC(=O)C1CCCN1C(=O)OC(C)(C)C)C(=O)CC. The predicted molar refractivity (Wildman–Crippen MR) is 88.1 cm³/mol. The van der Waals surface area contributed by atoms with Gasteiger partial charge in [-0.3, -0.25) is 14.5 Å². The molecule has 23 heavy (non-hydrogen) atoms. The van der Waals surface area contributed by atoms with Gasteiger partial charge in [0.15, 0.2) is 5.78 Å². The molecule has 0 aliphatic carbocycles. The molecule has 1 N–H and O–H groups in total. The second-order valence-electron chi connectivity index (χ2n) is 7.00. The van der Waals surface area contributed by atoms with Crippen molar-refractivity contribution in [1.82, 2.24) is 10.2 Å². The van der Waals surface area contributed by atoms with Crippen LogP contribution in [0, 0.1) is 0 Å². The van der Waals surface area contributed by atoms with E-state index in [1.807, 2.05) is 6.92 Å². The van der Waals surface area contributed by atoms with Crippen molar-refractivity contribution in [1.29, 1.82) is 0 Å². The summed E-state index contributed by atoms with van der Waals surface area (Å²) in [5, 5.41) is 2.82. The lowest BCUT2D eigenvalue weighted by molar-refractivity contribution is -0.130. The number of ketones is 1. The second kappa shape index (κ2) is 8.31. The van der Waals surface area contributed by atoms with Gasteiger partial charge in [-0.05, 0) is 40.0 Å². The molecule has 0 spiro atoms. The van der Waals surface area contributed by atoms with Crippen LogP contribution in [0.2, 0.25) is 0 Å². The van der Waals surface area contributed by atoms with Gasteiger partial charge in [0, 0.05) is 13.0 Å². The van der Waals surface area contributed by atoms with Crippen LogP contribution in [-0.4, -0.2) is 46.9 Å². The minimum absolute atomic E-state index is 0.0296. The first-order chi connectivity index (χ1) is 10.7. The molecule has 132 valence electrons. The molecule has 1 fully saturated rings. The number of Topliss-reactive ketones (excluding diaryl/α,β-unsaturated/α-hetero) is 1. The lowest BCUT2D eigenvalue weighted by Crippen LogP contribution is -2.51. The van der Waals surface area contributed by atoms with E-state index in [2.05, 4.69) is 5.32 Å². The average Bonchev–Trinajstić information content (AvgIpc) is 2.93. The number of carbonyl (C=O) groups is 3. The van der Waals surface area contributed by atoms with E-state index in [9.17, 15) is 14.4 Å². The minimum atomic E-state index is -0.594. The Morgan fingerprint density at radius 3 is 2.43 bits per heavy atom. The molecule has 2 amide bonds. The van der Waals surface area contributed by atoms with Crippen LogP contribution in [0.3, 0.4) is 0 Å². The summed E-state index contributed by atoms with van der Waals surface area (Å²) in [4.78, 5) is 38.2. The summed E-state index contributed by atoms with van der Waals surface area (Å²) in [6, 6.07) is -1.01. The van der Waals surface area contributed by atoms with Gasteiger partial charge in [-0.15, -0.1) is 0 Å². The minimum Gasteiger partial charge on any atom is -0.444 e. The maximum Gasteiger partial charge on any atom is 0.410 e. The van der Waals surface area contributed by atoms with Gasteiger partial charge >= 0.3 is 6.09 Å². The van der Waals surface area contributed by atoms with E-state index >= 15 is 0 Å². The van der Waals surface area contributed by atoms with E-state index in [0.717, 1.165) is 12.8 Å². The molecule has 0 radical (unpaired) electrons. The number of nitrogens with one attached hydrogen (secondary N) is 1. The summed E-state index contributed by atoms with van der Waals surface area (Å²) in [6.45, 7) is 9.67. The fourth-order valence-corrected chi connectivity index (χ4v) is 2.70. The summed E-state index contributed by atoms with van der Waals surface area (Å²) < 4.78 is 5.36. The van der Waals surface area contributed by atoms with Gasteiger partial charge < -0.3 is 10.1 Å². The molecule has 0 aromatic rings. The van der Waals surface area contributed by atoms with Crippen LogP contribution in [0.25, 0.3) is 0 Å². The van der Waals surface area contributed by atoms with Crippen molar-refractivity contribution in [2.75, 3.05) is 6.54 Å². The van der Waals surface area contributed by atoms with Crippen molar-refractivity contribution in [3.63, 3.8) is 0 Å². The number of hydrogen-bond donors (Lipinski definition) is 1. The molecule has 0 aromatic heterocycles. The molecule has 1 rings (SSSR count). The molecule has 1 heterocycles. The number of hydrogen-bond acceptors (Lipinski definition) is 4. The Balaban J connectivity index is 2.73. The van der Waals surface area contributed by atoms with E-state index in [0.29, 0.717) is 25.8 Å². The van der Waals surface area contributed by atoms with Crippen LogP contribution in [0.4, 0.5) is 4.79 Å². The second-order valence-corrected chi connectivity index (χ2v) is 7.00. The highest BCUT2D eigenvalue weighted by atomic mass is 16.6. The molecular formula is C17H30N2O4. The van der Waals surface area contributed by atoms with Gasteiger partial charge in [0.2, 0.25) is 5.91 Å². The molecular weight excluding hydrogens is 296 g/mol. The number of rotatable bonds is 6. The molecule has 1 aliphatic rings. The van der Waals surface area contributed by atoms with E-state index in [-0.39, 0.29) is 11.7 Å². The topological polar surface area (TPSA) is 75.7 Å². The Morgan fingerprint density at radius 1 is 1.26 bits per heavy atom. The summed E-state index contributed by atoms with van der Waals surface area (Å²) >= 11 is 0. The van der Waals surface area contributed by atoms with Crippen molar-refractivity contribution in [3.05, 3.63) is 0 Å². The zero-order valence-corrected chi connectivity index (χ0v) is 15.0. The molecule has 6 nitrogen and oxygen atoms in total. The van der Waals surface area contributed by atoms with E-state index in [1.165, 1.54) is 4.90 Å². The van der Waals surface area contributed by atoms with Crippen molar-refractivity contribution in [2.45, 2.75) is 84.4 Å². The monoisotopic (exact) mass is 326 g/mol. The van der Waals surface area contributed by atoms with Gasteiger partial charge in [0.25, 0.3) is 0 Å². The van der Waals surface area contributed by atoms with Crippen LogP contribution in [0.15, 0.2) is 0 Å². The smallest absolute Gasteiger partial charge is 0.410 e. The van der Waals surface area contributed by atoms with Crippen LogP contribution < -0.4 is 5.32 Å². The van der Waals surface area contributed by atoms with E-state index in [4.69, 9.17) is 4.74 Å². The maximum atomic E-state index is 12.5. The number of likely N-dealkylation sites (tertiary alicyclic amines) is 1. The zero-order valence-electron chi connectivity index (χ0n) is 15.0. The molecule has 1 aliphatic heterocycles. The van der Waals surface area contributed by atoms with Crippen molar-refractivity contribution >= 4 is 17.8 Å². The summed E-state index contributed by atoms with van der Waals surface area (Å²) in [7, 11) is 0. The standard InChI is InChI=1S/C17H30N2O4/c1-6-9-12(14(20)7-2)18-15(21)13-10-8-11-19(13)16(22)23-17(3,4)5/h12-13H,6-11H2,1-5H3,(H,18,21)/t12-,13?/m0/s1. The fraction of sp³-hybridized carbons (Fsp3) is 0.824. The molecule has 2 atom stereocenters. The highest BCUT2D eigenvalue weighted by Gasteiger charge is 2.37. The Bertz CT molecular complexity index is 442. The Kier molecular flexibility index (Phi) is 7.03. The number of carbonyl (C=O) groups excluding carboxylic acids is 3. The van der Waals surface area contributed by atoms with Crippen LogP contribution in [0.1, 0.15) is 66.7 Å². The quantitative estimate of drug-likeness (QED) is 0.814. The van der Waals surface area contributed by atoms with Gasteiger partial charge in [0.1, 0.15) is 11.6 Å². The Morgan fingerprint density at radius 2 is 1.91 bits per heavy atom. The molecule has 0 saturated carbocycles. The molecule has 1 saturated heterocycles. The van der Waals surface area contributed by atoms with Gasteiger partial charge in [-0.25, -0.2) is 4.79 Å². The summed E-state index contributed by atoms with van der Waals surface area (Å²) in [5.41, 5.74) is -0.594. The van der Waals surface area contributed by atoms with Crippen LogP contribution in [-0.2, 0) is 14.3 Å². The molecule has 0 aromatic carbocycles. The highest BCUT2D eigenvalue weighted by molar-refractivity contribution is 5.92. The van der Waals surface area contributed by atoms with Crippen molar-refractivity contribution < 1.29 is 19.1 Å². The molecule has 1 unspecified atom stereocenters. The van der Waals surface area contributed by atoms with Crippen molar-refractivity contribution in [3.8, 4) is 0 Å². The fourth-order valence-electron chi connectivity index (χ4n) is 2.70. The maximum absolute atomic E-state index is 12.5. The van der Waals surface area contributed by atoms with Crippen LogP contribution in [0.5, 0.6) is 0 Å². The first kappa shape index (κ1) is 19.5. The number of nitrogens with zero attached hydrogens (tertiary/aromatic N) is 1. The van der Waals surface area contributed by atoms with Gasteiger partial charge in [0.05, 0.1) is 6.04 Å². The normalized spacial score (nSPS) is 19.3. The number of ether oxygens (including phenoxy) is 1. The third kappa shape index (κ3) is 5.84. The first-order valence-electron chi connectivity index (χ1n) is 8.52. The first-order valence-corrected chi connectivity index (χ1v) is 8.52. The zero-order chi connectivity index (χ0) is 17.6. The van der Waals surface area contributed by atoms with Gasteiger partial charge in [-0.1, -0.05) is 20.3 Å². The van der Waals surface area contributed by atoms with E-state index < -0.39 is 23.8 Å². The molecule has 6 heteroatoms. The Hall–Kier alpha value is -1.59. The lowest BCUT2D eigenvalue weighted by atomic mass is 10.0. The summed E-state index contributed by atoms with van der Waals surface area (Å²) in [6.07, 6.45) is 2.73. The highest BCUT2D eigenvalue weighted by Crippen LogP contribution is 2.21. The predicted octanol–water partition coefficient (Wildman–Crippen LogP) is 2.65. The van der Waals surface area contributed by atoms with Crippen LogP contribution >= 0.6 is 0 Å². The Labute approximate surface area is 138 Å². The van der Waals surface area contributed by atoms with Crippen molar-refractivity contribution in [2.24, 2.45) is 0 Å². The number of amides is 2. The van der Waals surface area contributed by atoms with E-state index in [1.54, 1.807) is 27.7 Å². The molecule has 0 bridgehead atoms. The third-order valence-corrected chi connectivity index (χ3v) is 3.81. The van der Waals surface area contributed by atoms with Gasteiger partial charge in [-0.2, -0.15) is 0 Å².